The molecular weight excluding hydrogens is 596 g/mol. The van der Waals surface area contributed by atoms with Crippen LogP contribution in [-0.2, 0) is 28.8 Å². The lowest BCUT2D eigenvalue weighted by atomic mass is 10.2. The molecule has 0 aliphatic rings. The standard InChI is InChI=1S/C26H28N2O16/c29-19(30)9-27(10-20(31)32)25-15(3-1-5-17(25)43-13-23(37)38)41-7-8-42-16-4-2-6-18(44-14-24(39)40)26(16)28(11-21(33)34)12-22(35)36/h1-6H,7-14H2,(H,29,30)(H,31,32)(H,33,34)(H,35,36)(H,37,38)(H,39,40)/p-6. The Bertz CT molecular complexity index is 1240. The number of para-hydroxylation sites is 2. The van der Waals surface area contributed by atoms with Crippen LogP contribution < -0.4 is 59.4 Å². The highest BCUT2D eigenvalue weighted by Crippen LogP contribution is 2.39. The lowest BCUT2D eigenvalue weighted by molar-refractivity contribution is -0.308. The molecule has 2 aromatic carbocycles. The van der Waals surface area contributed by atoms with Gasteiger partial charge in [0.25, 0.3) is 0 Å². The second kappa shape index (κ2) is 16.5. The Morgan fingerprint density at radius 3 is 0.977 bits per heavy atom. The van der Waals surface area contributed by atoms with E-state index in [4.69, 9.17) is 18.9 Å². The highest BCUT2D eigenvalue weighted by Gasteiger charge is 2.21. The Morgan fingerprint density at radius 1 is 0.455 bits per heavy atom. The summed E-state index contributed by atoms with van der Waals surface area (Å²) in [7, 11) is 0. The number of carbonyl (C=O) groups is 6. The van der Waals surface area contributed by atoms with Gasteiger partial charge in [0.2, 0.25) is 0 Å². The number of carbonyl (C=O) groups excluding carboxylic acids is 6. The van der Waals surface area contributed by atoms with Crippen LogP contribution in [0.5, 0.6) is 23.0 Å². The zero-order chi connectivity index (χ0) is 32.8. The van der Waals surface area contributed by atoms with Crippen molar-refractivity contribution in [2.45, 2.75) is 0 Å². The maximum atomic E-state index is 11.3. The smallest absolute Gasteiger partial charge is 0.147 e. The number of carboxylic acids is 6. The van der Waals surface area contributed by atoms with E-state index in [9.17, 15) is 59.4 Å². The molecule has 2 rings (SSSR count). The number of benzene rings is 2. The second-order valence-corrected chi connectivity index (χ2v) is 8.42. The molecule has 0 aliphatic heterocycles. The highest BCUT2D eigenvalue weighted by atomic mass is 16.5. The third kappa shape index (κ3) is 11.1. The number of hydrogen-bond acceptors (Lipinski definition) is 18. The molecule has 0 aromatic heterocycles. The van der Waals surface area contributed by atoms with Crippen LogP contribution >= 0.6 is 0 Å². The number of rotatable bonds is 21. The van der Waals surface area contributed by atoms with Crippen LogP contribution in [-0.4, -0.2) is 88.4 Å². The van der Waals surface area contributed by atoms with E-state index in [1.54, 1.807) is 0 Å². The molecule has 18 nitrogen and oxygen atoms in total. The Hall–Kier alpha value is -5.94. The number of aliphatic carboxylic acids is 6. The van der Waals surface area contributed by atoms with Crippen molar-refractivity contribution >= 4 is 47.2 Å². The van der Waals surface area contributed by atoms with Gasteiger partial charge in [0.15, 0.2) is 0 Å². The lowest BCUT2D eigenvalue weighted by Crippen LogP contribution is -2.44. The van der Waals surface area contributed by atoms with E-state index in [1.807, 2.05) is 0 Å². The first-order chi connectivity index (χ1) is 20.8. The van der Waals surface area contributed by atoms with Crippen LogP contribution in [0, 0.1) is 0 Å². The van der Waals surface area contributed by atoms with Gasteiger partial charge in [-0.2, -0.15) is 0 Å². The van der Waals surface area contributed by atoms with Crippen molar-refractivity contribution in [2.75, 3.05) is 62.4 Å². The summed E-state index contributed by atoms with van der Waals surface area (Å²) in [4.78, 5) is 68.5. The molecule has 0 atom stereocenters. The Balaban J connectivity index is 2.39. The van der Waals surface area contributed by atoms with Gasteiger partial charge in [-0.15, -0.1) is 0 Å². The first kappa shape index (κ1) is 34.3. The van der Waals surface area contributed by atoms with Crippen LogP contribution in [0.2, 0.25) is 0 Å². The molecule has 0 N–H and O–H groups in total. The molecular formula is C26H22N2O16-6. The topological polar surface area (TPSA) is 284 Å². The van der Waals surface area contributed by atoms with Crippen LogP contribution in [0.25, 0.3) is 0 Å². The monoisotopic (exact) mass is 618 g/mol. The Morgan fingerprint density at radius 2 is 0.727 bits per heavy atom. The zero-order valence-corrected chi connectivity index (χ0v) is 22.5. The minimum absolute atomic E-state index is 0.200. The fraction of sp³-hybridized carbons (Fsp3) is 0.308. The molecule has 0 spiro atoms. The van der Waals surface area contributed by atoms with Crippen LogP contribution in [0.1, 0.15) is 0 Å². The summed E-state index contributed by atoms with van der Waals surface area (Å²) < 4.78 is 21.4. The largest absolute Gasteiger partial charge is 0.548 e. The molecule has 44 heavy (non-hydrogen) atoms. The van der Waals surface area contributed by atoms with Gasteiger partial charge in [0, 0.05) is 0 Å². The third-order valence-corrected chi connectivity index (χ3v) is 5.13. The van der Waals surface area contributed by atoms with Crippen molar-refractivity contribution in [2.24, 2.45) is 0 Å². The fourth-order valence-corrected chi connectivity index (χ4v) is 3.72. The lowest BCUT2D eigenvalue weighted by Gasteiger charge is -2.30. The molecule has 0 bridgehead atoms. The first-order valence-corrected chi connectivity index (χ1v) is 12.2. The summed E-state index contributed by atoms with van der Waals surface area (Å²) in [6.07, 6.45) is 0. The first-order valence-electron chi connectivity index (χ1n) is 12.2. The van der Waals surface area contributed by atoms with Gasteiger partial charge in [-0.1, -0.05) is 12.1 Å². The molecule has 0 fully saturated rings. The third-order valence-electron chi connectivity index (χ3n) is 5.13. The van der Waals surface area contributed by atoms with Gasteiger partial charge in [-0.05, 0) is 24.3 Å². The molecule has 0 aliphatic carbocycles. The molecule has 2 aromatic rings. The maximum Gasteiger partial charge on any atom is 0.147 e. The van der Waals surface area contributed by atoms with Crippen molar-refractivity contribution in [3.05, 3.63) is 36.4 Å². The van der Waals surface area contributed by atoms with E-state index in [2.05, 4.69) is 0 Å². The summed E-state index contributed by atoms with van der Waals surface area (Å²) in [5.74, 6) is -11.1. The van der Waals surface area contributed by atoms with Gasteiger partial charge in [-0.3, -0.25) is 0 Å². The molecule has 0 unspecified atom stereocenters. The molecule has 0 saturated carbocycles. The van der Waals surface area contributed by atoms with Gasteiger partial charge in [0.05, 0.1) is 62.0 Å². The van der Waals surface area contributed by atoms with Crippen molar-refractivity contribution < 1.29 is 78.4 Å². The van der Waals surface area contributed by atoms with E-state index in [0.29, 0.717) is 0 Å². The van der Waals surface area contributed by atoms with Crippen molar-refractivity contribution in [3.63, 3.8) is 0 Å². The fourth-order valence-electron chi connectivity index (χ4n) is 3.72. The summed E-state index contributed by atoms with van der Waals surface area (Å²) in [6, 6.07) is 7.56. The van der Waals surface area contributed by atoms with Crippen molar-refractivity contribution in [3.8, 4) is 23.0 Å². The van der Waals surface area contributed by atoms with Gasteiger partial charge >= 0.3 is 0 Å². The van der Waals surface area contributed by atoms with Crippen LogP contribution in [0.4, 0.5) is 11.4 Å². The van der Waals surface area contributed by atoms with E-state index >= 15 is 0 Å². The summed E-state index contributed by atoms with van der Waals surface area (Å²) in [5, 5.41) is 67.0. The summed E-state index contributed by atoms with van der Waals surface area (Å²) in [5.41, 5.74) is -0.593. The molecule has 18 heteroatoms. The van der Waals surface area contributed by atoms with E-state index in [1.165, 1.54) is 36.4 Å². The van der Waals surface area contributed by atoms with Crippen LogP contribution in [0.15, 0.2) is 36.4 Å². The van der Waals surface area contributed by atoms with E-state index in [0.717, 1.165) is 9.80 Å². The normalized spacial score (nSPS) is 10.3. The number of ether oxygens (including phenoxy) is 4. The average molecular weight is 618 g/mol. The number of nitrogens with zero attached hydrogens (tertiary/aromatic N) is 2. The molecule has 238 valence electrons. The Labute approximate surface area is 247 Å². The Kier molecular flexibility index (Phi) is 12.8. The predicted octanol–water partition coefficient (Wildman–Crippen LogP) is -7.99. The summed E-state index contributed by atoms with van der Waals surface area (Å²) >= 11 is 0. The zero-order valence-electron chi connectivity index (χ0n) is 22.5. The number of anilines is 2. The van der Waals surface area contributed by atoms with E-state index in [-0.39, 0.29) is 34.4 Å². The van der Waals surface area contributed by atoms with E-state index < -0.39 is 88.4 Å². The average Bonchev–Trinajstić information content (AvgIpc) is 2.91. The SMILES string of the molecule is O=C([O-])COc1cccc(OCCOc2cccc(OCC(=O)[O-])c2N(CC(=O)[O-])CC(=O)[O-])c1N(CC(=O)[O-])CC(=O)[O-]. The van der Waals surface area contributed by atoms with Gasteiger partial charge < -0.3 is 88.2 Å². The van der Waals surface area contributed by atoms with Crippen LogP contribution in [0.3, 0.4) is 0 Å². The minimum Gasteiger partial charge on any atom is -0.548 e. The minimum atomic E-state index is -1.71. The second-order valence-electron chi connectivity index (χ2n) is 8.42. The quantitative estimate of drug-likeness (QED) is 0.117. The molecule has 0 saturated heterocycles. The van der Waals surface area contributed by atoms with Crippen molar-refractivity contribution in [1.82, 2.24) is 0 Å². The molecule has 0 heterocycles. The van der Waals surface area contributed by atoms with Gasteiger partial charge in [-0.25, -0.2) is 0 Å². The number of carboxylic acid groups (broad SMARTS) is 6. The molecule has 0 amide bonds. The summed E-state index contributed by atoms with van der Waals surface area (Å²) in [6.45, 7) is -6.77. The highest BCUT2D eigenvalue weighted by molar-refractivity contribution is 5.83. The molecule has 0 radical (unpaired) electrons. The predicted molar refractivity (Wildman–Crippen MR) is 129 cm³/mol. The van der Waals surface area contributed by atoms with Crippen molar-refractivity contribution in [1.29, 1.82) is 0 Å². The van der Waals surface area contributed by atoms with Gasteiger partial charge in [0.1, 0.15) is 60.8 Å². The number of hydrogen-bond donors (Lipinski definition) is 0. The maximum absolute atomic E-state index is 11.3.